The van der Waals surface area contributed by atoms with Crippen LogP contribution < -0.4 is 0 Å². The lowest BCUT2D eigenvalue weighted by atomic mass is 9.98. The molecule has 0 saturated carbocycles. The number of hydrogen-bond acceptors (Lipinski definition) is 11. The van der Waals surface area contributed by atoms with Gasteiger partial charge in [-0.25, -0.2) is 4.79 Å². The largest absolute Gasteiger partial charge is 0.479 e. The molecule has 0 amide bonds. The van der Waals surface area contributed by atoms with Gasteiger partial charge in [0.15, 0.2) is 24.6 Å². The zero-order chi connectivity index (χ0) is 51.8. The summed E-state index contributed by atoms with van der Waals surface area (Å²) in [4.78, 5) is 51.0. The van der Waals surface area contributed by atoms with Gasteiger partial charge in [-0.3, -0.25) is 14.4 Å². The van der Waals surface area contributed by atoms with Crippen LogP contribution in [0.3, 0.4) is 0 Å². The molecule has 0 spiro atoms. The first-order valence-corrected chi connectivity index (χ1v) is 29.0. The first-order valence-electron chi connectivity index (χ1n) is 29.0. The Hall–Kier alpha value is -3.06. The fraction of sp³-hybridized carbons (Fsp3) is 0.831. The standard InChI is InChI=1S/C59H104O12/c1-4-7-10-13-16-19-22-24-25-26-27-29-31-33-36-39-42-45-51(60)67-48-50(69-52(61)46-43-40-37-34-30-21-18-15-12-9-6-3)49-68-59-57(55(64)54(63)56(71-59)58(65)66)70-53(62)47-44-41-38-35-32-28-23-20-17-14-11-8-5-2/h7,10,16,19,24-25,50,54-57,59,63-64H,4-6,8-9,11-15,17-18,20-23,26-49H2,1-3H3,(H,65,66)/b10-7-,19-16-,25-24-. The van der Waals surface area contributed by atoms with Crippen molar-refractivity contribution in [2.45, 2.75) is 302 Å². The van der Waals surface area contributed by atoms with Gasteiger partial charge >= 0.3 is 23.9 Å². The van der Waals surface area contributed by atoms with Gasteiger partial charge in [0.2, 0.25) is 0 Å². The predicted octanol–water partition coefficient (Wildman–Crippen LogP) is 14.5. The molecule has 3 N–H and O–H groups in total. The van der Waals surface area contributed by atoms with E-state index in [9.17, 15) is 34.5 Å². The van der Waals surface area contributed by atoms with Gasteiger partial charge in [0, 0.05) is 19.3 Å². The van der Waals surface area contributed by atoms with E-state index in [1.165, 1.54) is 109 Å². The van der Waals surface area contributed by atoms with Gasteiger partial charge in [-0.05, 0) is 51.4 Å². The van der Waals surface area contributed by atoms with Crippen LogP contribution in [0.2, 0.25) is 0 Å². The number of rotatable bonds is 49. The van der Waals surface area contributed by atoms with E-state index in [1.807, 2.05) is 0 Å². The molecule has 0 bridgehead atoms. The molecular formula is C59H104O12. The molecule has 6 unspecified atom stereocenters. The van der Waals surface area contributed by atoms with Crippen molar-refractivity contribution in [2.24, 2.45) is 0 Å². The van der Waals surface area contributed by atoms with E-state index in [0.29, 0.717) is 19.3 Å². The molecule has 0 aromatic rings. The highest BCUT2D eigenvalue weighted by molar-refractivity contribution is 5.74. The highest BCUT2D eigenvalue weighted by Gasteiger charge is 2.50. The first-order chi connectivity index (χ1) is 34.6. The SMILES string of the molecule is CC/C=C\C/C=C\C/C=C\CCCCCCCCCC(=O)OCC(COC1OC(C(=O)O)C(O)C(O)C1OC(=O)CCCCCCCCCCCCCCC)OC(=O)CCCCCCCCCCCCC. The van der Waals surface area contributed by atoms with Crippen molar-refractivity contribution in [3.8, 4) is 0 Å². The maximum absolute atomic E-state index is 13.1. The molecule has 71 heavy (non-hydrogen) atoms. The average molecular weight is 1010 g/mol. The van der Waals surface area contributed by atoms with Crippen molar-refractivity contribution < 1.29 is 58.2 Å². The number of aliphatic hydroxyl groups excluding tert-OH is 2. The summed E-state index contributed by atoms with van der Waals surface area (Å²) in [5, 5.41) is 31.4. The molecule has 1 fully saturated rings. The van der Waals surface area contributed by atoms with Crippen LogP contribution in [0.25, 0.3) is 0 Å². The molecular weight excluding hydrogens is 901 g/mol. The Morgan fingerprint density at radius 3 is 1.35 bits per heavy atom. The van der Waals surface area contributed by atoms with Crippen LogP contribution in [-0.2, 0) is 42.9 Å². The van der Waals surface area contributed by atoms with Crippen molar-refractivity contribution in [3.05, 3.63) is 36.5 Å². The highest BCUT2D eigenvalue weighted by atomic mass is 16.7. The number of hydrogen-bond donors (Lipinski definition) is 3. The fourth-order valence-electron chi connectivity index (χ4n) is 8.80. The van der Waals surface area contributed by atoms with Crippen LogP contribution in [0.15, 0.2) is 36.5 Å². The van der Waals surface area contributed by atoms with Crippen molar-refractivity contribution in [1.29, 1.82) is 0 Å². The van der Waals surface area contributed by atoms with Gasteiger partial charge in [-0.1, -0.05) is 231 Å². The normalized spacial score (nSPS) is 18.7. The average Bonchev–Trinajstić information content (AvgIpc) is 3.35. The molecule has 0 aromatic carbocycles. The lowest BCUT2D eigenvalue weighted by Crippen LogP contribution is -2.61. The fourth-order valence-corrected chi connectivity index (χ4v) is 8.80. The van der Waals surface area contributed by atoms with Crippen molar-refractivity contribution in [1.82, 2.24) is 0 Å². The van der Waals surface area contributed by atoms with Crippen molar-refractivity contribution >= 4 is 23.9 Å². The van der Waals surface area contributed by atoms with E-state index in [1.54, 1.807) is 0 Å². The van der Waals surface area contributed by atoms with Crippen LogP contribution >= 0.6 is 0 Å². The molecule has 1 aliphatic heterocycles. The molecule has 0 aromatic heterocycles. The van der Waals surface area contributed by atoms with Gasteiger partial charge in [0.05, 0.1) is 6.61 Å². The van der Waals surface area contributed by atoms with Crippen LogP contribution in [0.1, 0.15) is 265 Å². The van der Waals surface area contributed by atoms with E-state index in [2.05, 4.69) is 57.2 Å². The maximum Gasteiger partial charge on any atom is 0.335 e. The smallest absolute Gasteiger partial charge is 0.335 e. The van der Waals surface area contributed by atoms with Gasteiger partial charge in [-0.2, -0.15) is 0 Å². The second-order valence-corrected chi connectivity index (χ2v) is 19.9. The van der Waals surface area contributed by atoms with Crippen LogP contribution in [0.4, 0.5) is 0 Å². The van der Waals surface area contributed by atoms with Gasteiger partial charge in [0.25, 0.3) is 0 Å². The Balaban J connectivity index is 2.67. The molecule has 0 radical (unpaired) electrons. The Bertz CT molecular complexity index is 1380. The minimum atomic E-state index is -1.90. The number of ether oxygens (including phenoxy) is 5. The van der Waals surface area contributed by atoms with Gasteiger partial charge < -0.3 is 39.0 Å². The van der Waals surface area contributed by atoms with Crippen LogP contribution in [0, 0.1) is 0 Å². The molecule has 1 rings (SSSR count). The van der Waals surface area contributed by atoms with Crippen molar-refractivity contribution in [2.75, 3.05) is 13.2 Å². The Kier molecular flexibility index (Phi) is 44.5. The molecule has 1 heterocycles. The minimum absolute atomic E-state index is 0.0651. The van der Waals surface area contributed by atoms with Crippen molar-refractivity contribution in [3.63, 3.8) is 0 Å². The summed E-state index contributed by atoms with van der Waals surface area (Å²) in [7, 11) is 0. The Labute approximate surface area is 431 Å². The van der Waals surface area contributed by atoms with Gasteiger partial charge in [-0.15, -0.1) is 0 Å². The van der Waals surface area contributed by atoms with Crippen LogP contribution in [0.5, 0.6) is 0 Å². The number of unbranched alkanes of at least 4 members (excludes halogenated alkanes) is 29. The Morgan fingerprint density at radius 1 is 0.479 bits per heavy atom. The molecule has 1 saturated heterocycles. The molecule has 0 aliphatic carbocycles. The topological polar surface area (TPSA) is 175 Å². The zero-order valence-electron chi connectivity index (χ0n) is 45.2. The Morgan fingerprint density at radius 2 is 0.887 bits per heavy atom. The third-order valence-electron chi connectivity index (χ3n) is 13.2. The summed E-state index contributed by atoms with van der Waals surface area (Å²) in [5.41, 5.74) is 0. The molecule has 1 aliphatic rings. The summed E-state index contributed by atoms with van der Waals surface area (Å²) < 4.78 is 28.4. The molecule has 12 heteroatoms. The summed E-state index contributed by atoms with van der Waals surface area (Å²) in [6, 6.07) is 0. The number of esters is 3. The molecule has 6 atom stereocenters. The summed E-state index contributed by atoms with van der Waals surface area (Å²) in [6.07, 6.45) is 42.6. The minimum Gasteiger partial charge on any atom is -0.479 e. The maximum atomic E-state index is 13.1. The first kappa shape index (κ1) is 66.0. The van der Waals surface area contributed by atoms with E-state index in [-0.39, 0.29) is 25.9 Å². The summed E-state index contributed by atoms with van der Waals surface area (Å²) in [5.74, 6) is -3.11. The predicted molar refractivity (Wildman–Crippen MR) is 285 cm³/mol. The number of carbonyl (C=O) groups is 4. The second kappa shape index (κ2) is 47.9. The quantitative estimate of drug-likeness (QED) is 0.0228. The number of aliphatic hydroxyl groups is 2. The second-order valence-electron chi connectivity index (χ2n) is 19.9. The third kappa shape index (κ3) is 38.2. The molecule has 12 nitrogen and oxygen atoms in total. The number of carboxylic acid groups (broad SMARTS) is 1. The number of aliphatic carboxylic acids is 1. The lowest BCUT2D eigenvalue weighted by molar-refractivity contribution is -0.301. The van der Waals surface area contributed by atoms with E-state index in [0.717, 1.165) is 96.3 Å². The number of carboxylic acids is 1. The molecule has 412 valence electrons. The number of allylic oxidation sites excluding steroid dienone is 6. The summed E-state index contributed by atoms with van der Waals surface area (Å²) in [6.45, 7) is 5.87. The third-order valence-corrected chi connectivity index (χ3v) is 13.2. The number of carbonyl (C=O) groups excluding carboxylic acids is 3. The van der Waals surface area contributed by atoms with E-state index >= 15 is 0 Å². The van der Waals surface area contributed by atoms with Crippen LogP contribution in [-0.4, -0.2) is 89.2 Å². The zero-order valence-corrected chi connectivity index (χ0v) is 45.2. The van der Waals surface area contributed by atoms with E-state index in [4.69, 9.17) is 23.7 Å². The van der Waals surface area contributed by atoms with Gasteiger partial charge in [0.1, 0.15) is 18.8 Å². The lowest BCUT2D eigenvalue weighted by Gasteiger charge is -2.40. The van der Waals surface area contributed by atoms with E-state index < -0.39 is 67.3 Å². The monoisotopic (exact) mass is 1000 g/mol. The summed E-state index contributed by atoms with van der Waals surface area (Å²) >= 11 is 0. The highest BCUT2D eigenvalue weighted by Crippen LogP contribution is 2.26.